The van der Waals surface area contributed by atoms with Crippen molar-refractivity contribution >= 4 is 11.6 Å². The molecule has 2 rings (SSSR count). The molecule has 8 heteroatoms. The molecule has 0 radical (unpaired) electrons. The summed E-state index contributed by atoms with van der Waals surface area (Å²) in [5.41, 5.74) is 10.4. The van der Waals surface area contributed by atoms with E-state index in [4.69, 9.17) is 16.2 Å². The molecule has 1 fully saturated rings. The van der Waals surface area contributed by atoms with Gasteiger partial charge in [-0.1, -0.05) is 0 Å². The number of primary amides is 1. The summed E-state index contributed by atoms with van der Waals surface area (Å²) in [5.74, 6) is -0.580. The van der Waals surface area contributed by atoms with Crippen molar-refractivity contribution in [1.29, 1.82) is 0 Å². The molecule has 0 saturated carbocycles. The number of morpholine rings is 1. The number of nitrogens with two attached hydrogens (primary N) is 2. The molecule has 1 saturated heterocycles. The van der Waals surface area contributed by atoms with Crippen LogP contribution < -0.4 is 16.4 Å². The molecule has 1 aliphatic rings. The highest BCUT2D eigenvalue weighted by molar-refractivity contribution is 5.84. The molecule has 116 valence electrons. The fraction of sp³-hybridized carbons (Fsp3) is 0.462. The van der Waals surface area contributed by atoms with Gasteiger partial charge < -0.3 is 21.1 Å². The number of hydrogen-bond donors (Lipinski definition) is 2. The van der Waals surface area contributed by atoms with E-state index in [1.807, 2.05) is 0 Å². The molecule has 1 amide bonds. The third kappa shape index (κ3) is 3.27. The van der Waals surface area contributed by atoms with Crippen molar-refractivity contribution < 1.29 is 22.7 Å². The first-order chi connectivity index (χ1) is 9.84. The van der Waals surface area contributed by atoms with Crippen LogP contribution in [-0.2, 0) is 22.3 Å². The van der Waals surface area contributed by atoms with Crippen LogP contribution in [0.2, 0.25) is 0 Å². The van der Waals surface area contributed by atoms with Gasteiger partial charge in [0.15, 0.2) is 0 Å². The van der Waals surface area contributed by atoms with Crippen LogP contribution in [-0.4, -0.2) is 31.7 Å². The van der Waals surface area contributed by atoms with Crippen LogP contribution in [0.4, 0.5) is 18.9 Å². The second kappa shape index (κ2) is 5.90. The van der Waals surface area contributed by atoms with Gasteiger partial charge in [-0.3, -0.25) is 4.79 Å². The number of rotatable bonds is 3. The molecular formula is C13H16F3N3O2. The highest BCUT2D eigenvalue weighted by Crippen LogP contribution is 2.34. The van der Waals surface area contributed by atoms with Crippen molar-refractivity contribution in [3.05, 3.63) is 29.3 Å². The fourth-order valence-corrected chi connectivity index (χ4v) is 2.35. The lowest BCUT2D eigenvalue weighted by Gasteiger charge is -2.35. The number of halogens is 3. The monoisotopic (exact) mass is 303 g/mol. The maximum Gasteiger partial charge on any atom is 0.416 e. The molecular weight excluding hydrogens is 287 g/mol. The van der Waals surface area contributed by atoms with E-state index in [1.54, 1.807) is 4.90 Å². The minimum Gasteiger partial charge on any atom is -0.377 e. The third-order valence-corrected chi connectivity index (χ3v) is 3.40. The summed E-state index contributed by atoms with van der Waals surface area (Å²) in [5, 5.41) is 0. The average molecular weight is 303 g/mol. The number of carbonyl (C=O) groups is 1. The van der Waals surface area contributed by atoms with E-state index in [2.05, 4.69) is 0 Å². The zero-order valence-corrected chi connectivity index (χ0v) is 11.2. The number of hydrogen-bond acceptors (Lipinski definition) is 4. The topological polar surface area (TPSA) is 81.6 Å². The highest BCUT2D eigenvalue weighted by Gasteiger charge is 2.34. The summed E-state index contributed by atoms with van der Waals surface area (Å²) in [6.07, 6.45) is -4.46. The lowest BCUT2D eigenvalue weighted by molar-refractivity contribution is -0.138. The Hall–Kier alpha value is -1.80. The minimum absolute atomic E-state index is 0.0188. The molecule has 1 unspecified atom stereocenters. The zero-order chi connectivity index (χ0) is 15.6. The fourth-order valence-electron chi connectivity index (χ4n) is 2.35. The maximum atomic E-state index is 12.9. The largest absolute Gasteiger partial charge is 0.416 e. The van der Waals surface area contributed by atoms with Gasteiger partial charge in [0.1, 0.15) is 6.04 Å². The van der Waals surface area contributed by atoms with Gasteiger partial charge in [-0.15, -0.1) is 0 Å². The molecule has 1 heterocycles. The van der Waals surface area contributed by atoms with Gasteiger partial charge in [0, 0.05) is 18.8 Å². The smallest absolute Gasteiger partial charge is 0.377 e. The standard InChI is InChI=1S/C13H16F3N3O2/c14-13(15,16)10-2-1-9(5-8(10)6-17)19-3-4-21-7-11(19)12(18)20/h1-2,5,11H,3-4,6-7,17H2,(H2,18,20). The van der Waals surface area contributed by atoms with Gasteiger partial charge in [0.05, 0.1) is 18.8 Å². The molecule has 4 N–H and O–H groups in total. The molecule has 0 bridgehead atoms. The average Bonchev–Trinajstić information content (AvgIpc) is 2.45. The third-order valence-electron chi connectivity index (χ3n) is 3.40. The van der Waals surface area contributed by atoms with Crippen LogP contribution in [0, 0.1) is 0 Å². The van der Waals surface area contributed by atoms with Crippen molar-refractivity contribution in [1.82, 2.24) is 0 Å². The van der Waals surface area contributed by atoms with E-state index in [1.165, 1.54) is 12.1 Å². The quantitative estimate of drug-likeness (QED) is 0.867. The Balaban J connectivity index is 2.38. The van der Waals surface area contributed by atoms with Crippen LogP contribution in [0.15, 0.2) is 18.2 Å². The molecule has 0 spiro atoms. The Morgan fingerprint density at radius 3 is 2.71 bits per heavy atom. The van der Waals surface area contributed by atoms with Gasteiger partial charge in [0.25, 0.3) is 0 Å². The number of ether oxygens (including phenoxy) is 1. The van der Waals surface area contributed by atoms with Crippen LogP contribution in [0.25, 0.3) is 0 Å². The predicted molar refractivity (Wildman–Crippen MR) is 70.5 cm³/mol. The lowest BCUT2D eigenvalue weighted by atomic mass is 10.0. The lowest BCUT2D eigenvalue weighted by Crippen LogP contribution is -2.52. The van der Waals surface area contributed by atoms with Crippen LogP contribution in [0.1, 0.15) is 11.1 Å². The van der Waals surface area contributed by atoms with Gasteiger partial charge in [0.2, 0.25) is 5.91 Å². The molecule has 21 heavy (non-hydrogen) atoms. The number of nitrogens with zero attached hydrogens (tertiary/aromatic N) is 1. The summed E-state index contributed by atoms with van der Waals surface area (Å²) in [6.45, 7) is 0.633. The second-order valence-electron chi connectivity index (χ2n) is 4.73. The van der Waals surface area contributed by atoms with Crippen LogP contribution in [0.5, 0.6) is 0 Å². The SMILES string of the molecule is NCc1cc(N2CCOCC2C(N)=O)ccc1C(F)(F)F. The Labute approximate surface area is 119 Å². The maximum absolute atomic E-state index is 12.9. The minimum atomic E-state index is -4.46. The Kier molecular flexibility index (Phi) is 4.38. The zero-order valence-electron chi connectivity index (χ0n) is 11.2. The first kappa shape index (κ1) is 15.6. The molecule has 1 aromatic rings. The van der Waals surface area contributed by atoms with Crippen molar-refractivity contribution in [2.24, 2.45) is 11.5 Å². The van der Waals surface area contributed by atoms with Gasteiger partial charge in [-0.05, 0) is 23.8 Å². The normalized spacial score (nSPS) is 19.6. The summed E-state index contributed by atoms with van der Waals surface area (Å²) < 4.78 is 43.7. The molecule has 5 nitrogen and oxygen atoms in total. The first-order valence-corrected chi connectivity index (χ1v) is 6.38. The number of alkyl halides is 3. The number of anilines is 1. The number of carbonyl (C=O) groups excluding carboxylic acids is 1. The molecule has 0 aliphatic carbocycles. The Bertz CT molecular complexity index is 534. The number of benzene rings is 1. The van der Waals surface area contributed by atoms with Crippen molar-refractivity contribution in [3.8, 4) is 0 Å². The van der Waals surface area contributed by atoms with Gasteiger partial charge in [-0.2, -0.15) is 13.2 Å². The number of amides is 1. The molecule has 1 aliphatic heterocycles. The van der Waals surface area contributed by atoms with Crippen LogP contribution in [0.3, 0.4) is 0 Å². The van der Waals surface area contributed by atoms with E-state index in [-0.39, 0.29) is 18.7 Å². The van der Waals surface area contributed by atoms with Crippen LogP contribution >= 0.6 is 0 Å². The Morgan fingerprint density at radius 1 is 1.43 bits per heavy atom. The molecule has 1 atom stereocenters. The summed E-state index contributed by atoms with van der Waals surface area (Å²) in [4.78, 5) is 13.1. The van der Waals surface area contributed by atoms with Crippen molar-refractivity contribution in [3.63, 3.8) is 0 Å². The van der Waals surface area contributed by atoms with E-state index in [0.29, 0.717) is 18.8 Å². The second-order valence-corrected chi connectivity index (χ2v) is 4.73. The van der Waals surface area contributed by atoms with E-state index in [0.717, 1.165) is 6.07 Å². The summed E-state index contributed by atoms with van der Waals surface area (Å²) in [6, 6.07) is 2.96. The van der Waals surface area contributed by atoms with E-state index >= 15 is 0 Å². The predicted octanol–water partition coefficient (Wildman–Crippen LogP) is 0.855. The molecule has 0 aromatic heterocycles. The van der Waals surface area contributed by atoms with E-state index < -0.39 is 23.7 Å². The van der Waals surface area contributed by atoms with Gasteiger partial charge >= 0.3 is 6.18 Å². The molecule has 1 aromatic carbocycles. The van der Waals surface area contributed by atoms with Crippen molar-refractivity contribution in [2.45, 2.75) is 18.8 Å². The summed E-state index contributed by atoms with van der Waals surface area (Å²) in [7, 11) is 0. The first-order valence-electron chi connectivity index (χ1n) is 6.38. The van der Waals surface area contributed by atoms with E-state index in [9.17, 15) is 18.0 Å². The summed E-state index contributed by atoms with van der Waals surface area (Å²) >= 11 is 0. The Morgan fingerprint density at radius 2 is 2.14 bits per heavy atom. The van der Waals surface area contributed by atoms with Gasteiger partial charge in [-0.25, -0.2) is 0 Å². The highest BCUT2D eigenvalue weighted by atomic mass is 19.4. The van der Waals surface area contributed by atoms with Crippen molar-refractivity contribution in [2.75, 3.05) is 24.7 Å².